The van der Waals surface area contributed by atoms with Gasteiger partial charge in [-0.15, -0.1) is 0 Å². The van der Waals surface area contributed by atoms with E-state index in [2.05, 4.69) is 42.1 Å². The van der Waals surface area contributed by atoms with Crippen molar-refractivity contribution in [2.24, 2.45) is 0 Å². The number of hydrogen-bond donors (Lipinski definition) is 1. The van der Waals surface area contributed by atoms with Crippen molar-refractivity contribution in [1.82, 2.24) is 14.7 Å². The molecule has 1 N–H and O–H groups in total. The normalized spacial score (nSPS) is 21.5. The molecule has 2 amide bonds. The number of carbonyl (C=O) groups excluding carboxylic acids is 2. The monoisotopic (exact) mass is 478 g/mol. The summed E-state index contributed by atoms with van der Waals surface area (Å²) in [6.07, 6.45) is 3.24. The molecule has 0 saturated carbocycles. The zero-order valence-electron chi connectivity index (χ0n) is 21.2. The lowest BCUT2D eigenvalue weighted by atomic mass is 9.97. The molecule has 7 heteroatoms. The van der Waals surface area contributed by atoms with E-state index in [1.54, 1.807) is 24.3 Å². The maximum absolute atomic E-state index is 12.8. The van der Waals surface area contributed by atoms with Gasteiger partial charge in [-0.2, -0.15) is 0 Å². The number of likely N-dealkylation sites (tertiary alicyclic amines) is 1. The van der Waals surface area contributed by atoms with Crippen LogP contribution in [0.4, 0.5) is 5.69 Å². The van der Waals surface area contributed by atoms with Crippen molar-refractivity contribution in [3.63, 3.8) is 0 Å². The van der Waals surface area contributed by atoms with Gasteiger partial charge >= 0.3 is 0 Å². The Kier molecular flexibility index (Phi) is 8.42. The van der Waals surface area contributed by atoms with Gasteiger partial charge in [-0.25, -0.2) is 0 Å². The van der Waals surface area contributed by atoms with Gasteiger partial charge in [0.2, 0.25) is 0 Å². The van der Waals surface area contributed by atoms with E-state index in [0.717, 1.165) is 57.7 Å². The Morgan fingerprint density at radius 3 is 2.34 bits per heavy atom. The fourth-order valence-electron chi connectivity index (χ4n) is 5.05. The van der Waals surface area contributed by atoms with Crippen molar-refractivity contribution >= 4 is 17.5 Å². The first kappa shape index (κ1) is 25.2. The lowest BCUT2D eigenvalue weighted by Crippen LogP contribution is -2.49. The molecule has 4 rings (SSSR count). The van der Waals surface area contributed by atoms with Gasteiger partial charge in [-0.3, -0.25) is 14.5 Å². The fourth-order valence-corrected chi connectivity index (χ4v) is 5.05. The van der Waals surface area contributed by atoms with Crippen molar-refractivity contribution in [3.8, 4) is 5.75 Å². The molecule has 2 aromatic rings. The molecule has 0 radical (unpaired) electrons. The zero-order chi connectivity index (χ0) is 24.8. The minimum Gasteiger partial charge on any atom is -0.484 e. The van der Waals surface area contributed by atoms with Crippen LogP contribution in [0.25, 0.3) is 0 Å². The Balaban J connectivity index is 1.28. The van der Waals surface area contributed by atoms with E-state index >= 15 is 0 Å². The van der Waals surface area contributed by atoms with Gasteiger partial charge in [0.05, 0.1) is 0 Å². The minimum absolute atomic E-state index is 0.0142. The second kappa shape index (κ2) is 11.7. The Morgan fingerprint density at radius 1 is 0.971 bits per heavy atom. The van der Waals surface area contributed by atoms with Crippen LogP contribution in [0.3, 0.4) is 0 Å². The zero-order valence-corrected chi connectivity index (χ0v) is 21.2. The molecule has 2 atom stereocenters. The van der Waals surface area contributed by atoms with Gasteiger partial charge in [0.1, 0.15) is 5.75 Å². The predicted molar refractivity (Wildman–Crippen MR) is 139 cm³/mol. The number of hydrogen-bond acceptors (Lipinski definition) is 5. The molecule has 0 spiro atoms. The van der Waals surface area contributed by atoms with Gasteiger partial charge in [0.15, 0.2) is 6.61 Å². The number of nitrogens with zero attached hydrogens (tertiary/aromatic N) is 3. The smallest absolute Gasteiger partial charge is 0.260 e. The Bertz CT molecular complexity index is 992. The van der Waals surface area contributed by atoms with Crippen molar-refractivity contribution in [2.45, 2.75) is 51.7 Å². The molecule has 35 heavy (non-hydrogen) atoms. The average Bonchev–Trinajstić information content (AvgIpc) is 2.84. The van der Waals surface area contributed by atoms with Crippen LogP contribution in [0.5, 0.6) is 5.75 Å². The Labute approximate surface area is 209 Å². The molecule has 0 aromatic heterocycles. The van der Waals surface area contributed by atoms with Crippen LogP contribution in [-0.2, 0) is 11.3 Å². The van der Waals surface area contributed by atoms with Crippen molar-refractivity contribution in [3.05, 3.63) is 59.7 Å². The number of piperazine rings is 1. The van der Waals surface area contributed by atoms with E-state index in [9.17, 15) is 9.59 Å². The topological polar surface area (TPSA) is 65.1 Å². The molecule has 7 nitrogen and oxygen atoms in total. The summed E-state index contributed by atoms with van der Waals surface area (Å²) in [6, 6.07) is 15.5. The molecule has 0 bridgehead atoms. The van der Waals surface area contributed by atoms with Gasteiger partial charge in [0.25, 0.3) is 11.8 Å². The van der Waals surface area contributed by atoms with Crippen LogP contribution in [-0.4, -0.2) is 78.4 Å². The molecule has 2 aliphatic rings. The van der Waals surface area contributed by atoms with E-state index in [4.69, 9.17) is 4.74 Å². The lowest BCUT2D eigenvalue weighted by Gasteiger charge is -2.38. The molecule has 0 aliphatic carbocycles. The van der Waals surface area contributed by atoms with Crippen LogP contribution >= 0.6 is 0 Å². The molecule has 2 heterocycles. The SMILES string of the molecule is CC1CCCC(C)N1C(=O)COc1ccc(C(=O)Nc2cccc(CN3CCN(C)CC3)c2)cc1. The van der Waals surface area contributed by atoms with Crippen LogP contribution in [0.15, 0.2) is 48.5 Å². The third-order valence-corrected chi connectivity index (χ3v) is 7.15. The van der Waals surface area contributed by atoms with Gasteiger partial charge < -0.3 is 19.9 Å². The molecule has 188 valence electrons. The highest BCUT2D eigenvalue weighted by Crippen LogP contribution is 2.23. The number of anilines is 1. The molecule has 2 aromatic carbocycles. The van der Waals surface area contributed by atoms with Crippen molar-refractivity contribution < 1.29 is 14.3 Å². The summed E-state index contributed by atoms with van der Waals surface area (Å²) in [6.45, 7) is 9.39. The first-order chi connectivity index (χ1) is 16.9. The number of piperidine rings is 1. The standard InChI is InChI=1S/C28H38N4O3/c1-21-6-4-7-22(2)32(21)27(33)20-35-26-12-10-24(11-13-26)28(34)29-25-9-5-8-23(18-25)19-31-16-14-30(3)15-17-31/h5,8-13,18,21-22H,4,6-7,14-17,19-20H2,1-3H3,(H,29,34). The highest BCUT2D eigenvalue weighted by molar-refractivity contribution is 6.04. The summed E-state index contributed by atoms with van der Waals surface area (Å²) < 4.78 is 5.73. The fraction of sp³-hybridized carbons (Fsp3) is 0.500. The molecule has 2 fully saturated rings. The molecular weight excluding hydrogens is 440 g/mol. The number of rotatable bonds is 7. The van der Waals surface area contributed by atoms with Crippen LogP contribution in [0.1, 0.15) is 49.0 Å². The first-order valence-corrected chi connectivity index (χ1v) is 12.7. The number of likely N-dealkylation sites (N-methyl/N-ethyl adjacent to an activating group) is 1. The highest BCUT2D eigenvalue weighted by atomic mass is 16.5. The van der Waals surface area contributed by atoms with E-state index in [0.29, 0.717) is 11.3 Å². The van der Waals surface area contributed by atoms with E-state index < -0.39 is 0 Å². The number of amides is 2. The molecular formula is C28H38N4O3. The largest absolute Gasteiger partial charge is 0.484 e. The van der Waals surface area contributed by atoms with Gasteiger partial charge in [-0.1, -0.05) is 12.1 Å². The third-order valence-electron chi connectivity index (χ3n) is 7.15. The van der Waals surface area contributed by atoms with Crippen molar-refractivity contribution in [1.29, 1.82) is 0 Å². The summed E-state index contributed by atoms with van der Waals surface area (Å²) in [4.78, 5) is 32.2. The quantitative estimate of drug-likeness (QED) is 0.655. The summed E-state index contributed by atoms with van der Waals surface area (Å²) >= 11 is 0. The Morgan fingerprint density at radius 2 is 1.66 bits per heavy atom. The van der Waals surface area contributed by atoms with Crippen LogP contribution in [0.2, 0.25) is 0 Å². The number of nitrogens with one attached hydrogen (secondary N) is 1. The van der Waals surface area contributed by atoms with Gasteiger partial charge in [0, 0.05) is 56.1 Å². The second-order valence-electron chi connectivity index (χ2n) is 9.98. The van der Waals surface area contributed by atoms with Gasteiger partial charge in [-0.05, 0) is 82.1 Å². The highest BCUT2D eigenvalue weighted by Gasteiger charge is 2.29. The van der Waals surface area contributed by atoms with E-state index in [-0.39, 0.29) is 30.5 Å². The maximum atomic E-state index is 12.8. The average molecular weight is 479 g/mol. The van der Waals surface area contributed by atoms with E-state index in [1.807, 2.05) is 23.1 Å². The maximum Gasteiger partial charge on any atom is 0.260 e. The molecule has 2 saturated heterocycles. The van der Waals surface area contributed by atoms with Crippen molar-refractivity contribution in [2.75, 3.05) is 45.2 Å². The Hall–Kier alpha value is -2.90. The summed E-state index contributed by atoms with van der Waals surface area (Å²) in [7, 11) is 2.15. The number of carbonyl (C=O) groups is 2. The number of ether oxygens (including phenoxy) is 1. The predicted octanol–water partition coefficient (Wildman–Crippen LogP) is 3.85. The molecule has 2 unspecified atom stereocenters. The van der Waals surface area contributed by atoms with Crippen LogP contribution < -0.4 is 10.1 Å². The third kappa shape index (κ3) is 6.83. The molecule has 2 aliphatic heterocycles. The second-order valence-corrected chi connectivity index (χ2v) is 9.98. The summed E-state index contributed by atoms with van der Waals surface area (Å²) in [5.74, 6) is 0.435. The van der Waals surface area contributed by atoms with Crippen LogP contribution in [0, 0.1) is 0 Å². The summed E-state index contributed by atoms with van der Waals surface area (Å²) in [5, 5.41) is 3.00. The number of benzene rings is 2. The lowest BCUT2D eigenvalue weighted by molar-refractivity contribution is -0.139. The first-order valence-electron chi connectivity index (χ1n) is 12.7. The minimum atomic E-state index is -0.166. The summed E-state index contributed by atoms with van der Waals surface area (Å²) in [5.41, 5.74) is 2.53. The van der Waals surface area contributed by atoms with E-state index in [1.165, 1.54) is 5.56 Å².